The molecule has 0 aliphatic carbocycles. The van der Waals surface area contributed by atoms with Crippen molar-refractivity contribution >= 4 is 39.5 Å². The Morgan fingerprint density at radius 1 is 1.08 bits per heavy atom. The third-order valence-electron chi connectivity index (χ3n) is 3.64. The Bertz CT molecular complexity index is 1170. The Balaban J connectivity index is 1.71. The van der Waals surface area contributed by atoms with Crippen LogP contribution in [0.25, 0.3) is 16.2 Å². The van der Waals surface area contributed by atoms with Gasteiger partial charge in [0.05, 0.1) is 16.9 Å². The molecular formula is C18H11ClN4O2S. The van der Waals surface area contributed by atoms with Crippen molar-refractivity contribution in [3.8, 4) is 11.3 Å². The average Bonchev–Trinajstić information content (AvgIpc) is 3.06. The van der Waals surface area contributed by atoms with Gasteiger partial charge in [-0.3, -0.25) is 9.59 Å². The van der Waals surface area contributed by atoms with Crippen LogP contribution in [-0.2, 0) is 0 Å². The van der Waals surface area contributed by atoms with Crippen LogP contribution in [0.2, 0.25) is 5.02 Å². The number of carbonyl (C=O) groups excluding carboxylic acids is 1. The molecule has 1 amide bonds. The molecule has 0 atom stereocenters. The molecule has 0 unspecified atom stereocenters. The third kappa shape index (κ3) is 3.10. The Kier molecular flexibility index (Phi) is 4.24. The highest BCUT2D eigenvalue weighted by molar-refractivity contribution is 7.18. The maximum Gasteiger partial charge on any atom is 0.300 e. The van der Waals surface area contributed by atoms with Gasteiger partial charge in [-0.2, -0.15) is 10.1 Å². The van der Waals surface area contributed by atoms with E-state index in [-0.39, 0.29) is 11.6 Å². The molecule has 0 radical (unpaired) electrons. The van der Waals surface area contributed by atoms with Gasteiger partial charge in [0.25, 0.3) is 5.91 Å². The Morgan fingerprint density at radius 2 is 1.81 bits per heavy atom. The predicted molar refractivity (Wildman–Crippen MR) is 102 cm³/mol. The van der Waals surface area contributed by atoms with Gasteiger partial charge in [-0.25, -0.2) is 4.52 Å². The van der Waals surface area contributed by atoms with E-state index in [2.05, 4.69) is 15.4 Å². The molecule has 4 aromatic rings. The van der Waals surface area contributed by atoms with Crippen LogP contribution >= 0.6 is 22.9 Å². The number of hydrogen-bond donors (Lipinski definition) is 1. The Hall–Kier alpha value is -3.03. The van der Waals surface area contributed by atoms with E-state index in [1.54, 1.807) is 42.6 Å². The molecule has 0 saturated heterocycles. The summed E-state index contributed by atoms with van der Waals surface area (Å²) in [6.45, 7) is 0. The quantitative estimate of drug-likeness (QED) is 0.585. The summed E-state index contributed by atoms with van der Waals surface area (Å²) in [7, 11) is 0. The summed E-state index contributed by atoms with van der Waals surface area (Å²) < 4.78 is 1.44. The number of carbonyl (C=O) groups is 1. The zero-order valence-corrected chi connectivity index (χ0v) is 14.8. The lowest BCUT2D eigenvalue weighted by molar-refractivity contribution is 0.103. The first-order valence-electron chi connectivity index (χ1n) is 7.63. The molecule has 6 nitrogen and oxygen atoms in total. The molecule has 128 valence electrons. The summed E-state index contributed by atoms with van der Waals surface area (Å²) in [6.07, 6.45) is 1.55. The lowest BCUT2D eigenvalue weighted by atomic mass is 10.2. The number of hydrogen-bond acceptors (Lipinski definition) is 5. The van der Waals surface area contributed by atoms with E-state index in [1.165, 1.54) is 4.52 Å². The number of amides is 1. The second kappa shape index (κ2) is 6.70. The van der Waals surface area contributed by atoms with Crippen molar-refractivity contribution in [3.63, 3.8) is 0 Å². The van der Waals surface area contributed by atoms with Crippen molar-refractivity contribution < 1.29 is 4.79 Å². The van der Waals surface area contributed by atoms with Gasteiger partial charge in [0.15, 0.2) is 5.69 Å². The van der Waals surface area contributed by atoms with Gasteiger partial charge in [-0.15, -0.1) is 0 Å². The topological polar surface area (TPSA) is 76.4 Å². The second-order valence-electron chi connectivity index (χ2n) is 5.39. The van der Waals surface area contributed by atoms with Crippen molar-refractivity contribution in [1.82, 2.24) is 14.6 Å². The summed E-state index contributed by atoms with van der Waals surface area (Å²) in [5.41, 5.74) is 0.986. The number of para-hydroxylation sites is 1. The number of rotatable bonds is 3. The molecule has 0 spiro atoms. The summed E-state index contributed by atoms with van der Waals surface area (Å²) in [5, 5.41) is 7.50. The van der Waals surface area contributed by atoms with Gasteiger partial charge < -0.3 is 5.32 Å². The summed E-state index contributed by atoms with van der Waals surface area (Å²) in [4.78, 5) is 29.5. The minimum atomic E-state index is -0.434. The van der Waals surface area contributed by atoms with Crippen molar-refractivity contribution in [3.05, 3.63) is 81.0 Å². The normalized spacial score (nSPS) is 10.8. The molecule has 1 N–H and O–H groups in total. The number of nitrogens with zero attached hydrogens (tertiary/aromatic N) is 3. The van der Waals surface area contributed by atoms with E-state index in [0.717, 1.165) is 11.3 Å². The molecule has 26 heavy (non-hydrogen) atoms. The lowest BCUT2D eigenvalue weighted by Crippen LogP contribution is -2.14. The van der Waals surface area contributed by atoms with E-state index < -0.39 is 5.56 Å². The van der Waals surface area contributed by atoms with E-state index >= 15 is 0 Å². The van der Waals surface area contributed by atoms with Crippen LogP contribution in [0, 0.1) is 0 Å². The number of halogens is 1. The molecule has 2 heterocycles. The molecule has 4 rings (SSSR count). The molecule has 0 aliphatic rings. The summed E-state index contributed by atoms with van der Waals surface area (Å²) >= 11 is 7.14. The van der Waals surface area contributed by atoms with Crippen molar-refractivity contribution in [2.24, 2.45) is 0 Å². The fraction of sp³-hybridized carbons (Fsp3) is 0. The van der Waals surface area contributed by atoms with E-state index in [1.807, 2.05) is 18.2 Å². The first-order valence-corrected chi connectivity index (χ1v) is 8.83. The molecule has 2 aromatic carbocycles. The molecule has 0 fully saturated rings. The molecule has 0 bridgehead atoms. The number of nitrogens with one attached hydrogen (secondary N) is 1. The summed E-state index contributed by atoms with van der Waals surface area (Å²) in [6, 6.07) is 16.0. The van der Waals surface area contributed by atoms with Gasteiger partial charge in [0.1, 0.15) is 4.88 Å². The van der Waals surface area contributed by atoms with Crippen LogP contribution in [-0.4, -0.2) is 20.5 Å². The smallest absolute Gasteiger partial charge is 0.300 e. The minimum Gasteiger partial charge on any atom is -0.320 e. The Morgan fingerprint density at radius 3 is 2.58 bits per heavy atom. The Labute approximate surface area is 156 Å². The van der Waals surface area contributed by atoms with Crippen LogP contribution in [0.1, 0.15) is 9.67 Å². The largest absolute Gasteiger partial charge is 0.320 e. The van der Waals surface area contributed by atoms with E-state index in [9.17, 15) is 9.59 Å². The highest BCUT2D eigenvalue weighted by Gasteiger charge is 2.15. The standard InChI is InChI=1S/C18H11ClN4O2S/c19-12-8-4-5-9-13(12)20-16(24)14-10-23-18(26-14)21-17(25)15(22-23)11-6-2-1-3-7-11/h1-10H,(H,20,24). The fourth-order valence-electron chi connectivity index (χ4n) is 2.40. The highest BCUT2D eigenvalue weighted by Crippen LogP contribution is 2.23. The number of thiazole rings is 1. The average molecular weight is 383 g/mol. The predicted octanol–water partition coefficient (Wildman–Crippen LogP) is 3.72. The number of fused-ring (bicyclic) bond motifs is 1. The molecule has 8 heteroatoms. The van der Waals surface area contributed by atoms with Gasteiger partial charge in [-0.05, 0) is 12.1 Å². The molecule has 0 aliphatic heterocycles. The SMILES string of the molecule is O=C(Nc1ccccc1Cl)c1cn2nc(-c3ccccc3)c(=O)nc2s1. The van der Waals surface area contributed by atoms with Gasteiger partial charge >= 0.3 is 5.56 Å². The second-order valence-corrected chi connectivity index (χ2v) is 6.80. The number of benzene rings is 2. The maximum absolute atomic E-state index is 12.5. The molecular weight excluding hydrogens is 372 g/mol. The van der Waals surface area contributed by atoms with Crippen molar-refractivity contribution in [1.29, 1.82) is 0 Å². The van der Waals surface area contributed by atoms with Crippen LogP contribution in [0.5, 0.6) is 0 Å². The minimum absolute atomic E-state index is 0.235. The number of anilines is 1. The maximum atomic E-state index is 12.5. The van der Waals surface area contributed by atoms with Gasteiger partial charge in [-0.1, -0.05) is 65.4 Å². The lowest BCUT2D eigenvalue weighted by Gasteiger charge is -2.04. The monoisotopic (exact) mass is 382 g/mol. The van der Waals surface area contributed by atoms with Gasteiger partial charge in [0.2, 0.25) is 4.96 Å². The molecule has 2 aromatic heterocycles. The highest BCUT2D eigenvalue weighted by atomic mass is 35.5. The van der Waals surface area contributed by atoms with E-state index in [0.29, 0.717) is 26.1 Å². The van der Waals surface area contributed by atoms with Crippen LogP contribution in [0.15, 0.2) is 65.6 Å². The molecule has 0 saturated carbocycles. The van der Waals surface area contributed by atoms with Crippen LogP contribution in [0.3, 0.4) is 0 Å². The third-order valence-corrected chi connectivity index (χ3v) is 4.94. The fourth-order valence-corrected chi connectivity index (χ4v) is 3.39. The summed E-state index contributed by atoms with van der Waals surface area (Å²) in [5.74, 6) is -0.343. The number of aromatic nitrogens is 3. The van der Waals surface area contributed by atoms with Crippen LogP contribution < -0.4 is 10.9 Å². The van der Waals surface area contributed by atoms with Crippen molar-refractivity contribution in [2.45, 2.75) is 0 Å². The zero-order valence-electron chi connectivity index (χ0n) is 13.2. The first-order chi connectivity index (χ1) is 12.6. The first kappa shape index (κ1) is 16.4. The van der Waals surface area contributed by atoms with Crippen molar-refractivity contribution in [2.75, 3.05) is 5.32 Å². The van der Waals surface area contributed by atoms with Gasteiger partial charge in [0, 0.05) is 5.56 Å². The zero-order chi connectivity index (χ0) is 18.1. The van der Waals surface area contributed by atoms with E-state index in [4.69, 9.17) is 11.6 Å². The van der Waals surface area contributed by atoms with Crippen LogP contribution in [0.4, 0.5) is 5.69 Å².